The number of hydrogen-bond acceptors (Lipinski definition) is 5. The topological polar surface area (TPSA) is 117 Å². The summed E-state index contributed by atoms with van der Waals surface area (Å²) in [5.74, 6) is -1.03. The number of thioether (sulfide) groups is 1. The summed E-state index contributed by atoms with van der Waals surface area (Å²) in [6.07, 6.45) is 1.10. The Morgan fingerprint density at radius 2 is 2.33 bits per heavy atom. The predicted molar refractivity (Wildman–Crippen MR) is 62.4 cm³/mol. The van der Waals surface area contributed by atoms with Gasteiger partial charge in [0.25, 0.3) is 11.6 Å². The second-order valence-corrected chi connectivity index (χ2v) is 4.66. The fourth-order valence-electron chi connectivity index (χ4n) is 1.61. The normalized spacial score (nSPS) is 18.9. The van der Waals surface area contributed by atoms with E-state index < -0.39 is 22.8 Å². The van der Waals surface area contributed by atoms with Crippen molar-refractivity contribution in [3.63, 3.8) is 0 Å². The fourth-order valence-corrected chi connectivity index (χ4v) is 2.76. The van der Waals surface area contributed by atoms with Gasteiger partial charge in [-0.1, -0.05) is 0 Å². The first-order valence-electron chi connectivity index (χ1n) is 4.95. The van der Waals surface area contributed by atoms with Gasteiger partial charge >= 0.3 is 5.97 Å². The molecule has 1 amide bonds. The van der Waals surface area contributed by atoms with E-state index in [2.05, 4.69) is 4.98 Å². The standard InChI is InChI=1S/C9H9N3O5S/c13-8(6-1-5(2-10-6)12(16)17)11-4-18-3-7(11)9(14)15/h1-2,7,10H,3-4H2,(H,14,15)/t7-/m0/s1. The third-order valence-electron chi connectivity index (χ3n) is 2.54. The molecule has 0 radical (unpaired) electrons. The third-order valence-corrected chi connectivity index (χ3v) is 3.55. The highest BCUT2D eigenvalue weighted by atomic mass is 32.2. The van der Waals surface area contributed by atoms with Crippen LogP contribution < -0.4 is 0 Å². The van der Waals surface area contributed by atoms with Crippen LogP contribution in [0.3, 0.4) is 0 Å². The number of nitrogens with one attached hydrogen (secondary N) is 1. The highest BCUT2D eigenvalue weighted by Gasteiger charge is 2.35. The summed E-state index contributed by atoms with van der Waals surface area (Å²) >= 11 is 1.33. The van der Waals surface area contributed by atoms with Gasteiger partial charge in [0, 0.05) is 11.8 Å². The molecule has 96 valence electrons. The lowest BCUT2D eigenvalue weighted by Gasteiger charge is -2.19. The van der Waals surface area contributed by atoms with Crippen LogP contribution in [0.5, 0.6) is 0 Å². The van der Waals surface area contributed by atoms with E-state index in [9.17, 15) is 19.7 Å². The van der Waals surface area contributed by atoms with Gasteiger partial charge in [0.2, 0.25) is 0 Å². The molecule has 1 aliphatic heterocycles. The zero-order valence-corrected chi connectivity index (χ0v) is 9.85. The molecule has 0 aromatic carbocycles. The van der Waals surface area contributed by atoms with E-state index in [1.165, 1.54) is 16.7 Å². The van der Waals surface area contributed by atoms with Gasteiger partial charge in [-0.25, -0.2) is 4.79 Å². The zero-order valence-electron chi connectivity index (χ0n) is 9.03. The molecule has 1 fully saturated rings. The minimum atomic E-state index is -1.07. The predicted octanol–water partition coefficient (Wildman–Crippen LogP) is 0.523. The lowest BCUT2D eigenvalue weighted by molar-refractivity contribution is -0.384. The minimum absolute atomic E-state index is 0.0236. The van der Waals surface area contributed by atoms with E-state index in [1.54, 1.807) is 0 Å². The van der Waals surface area contributed by atoms with Gasteiger partial charge < -0.3 is 15.0 Å². The van der Waals surface area contributed by atoms with Gasteiger partial charge in [0.15, 0.2) is 0 Å². The molecule has 0 saturated carbocycles. The quantitative estimate of drug-likeness (QED) is 0.611. The number of carbonyl (C=O) groups excluding carboxylic acids is 1. The Labute approximate surface area is 105 Å². The smallest absolute Gasteiger partial charge is 0.327 e. The number of carboxylic acids is 1. The van der Waals surface area contributed by atoms with Crippen molar-refractivity contribution in [2.24, 2.45) is 0 Å². The molecule has 1 saturated heterocycles. The van der Waals surface area contributed by atoms with Crippen molar-refractivity contribution in [3.05, 3.63) is 28.1 Å². The van der Waals surface area contributed by atoms with Gasteiger partial charge in [0.1, 0.15) is 11.7 Å². The van der Waals surface area contributed by atoms with Crippen LogP contribution in [0.25, 0.3) is 0 Å². The van der Waals surface area contributed by atoms with E-state index >= 15 is 0 Å². The number of aromatic nitrogens is 1. The van der Waals surface area contributed by atoms with Crippen molar-refractivity contribution < 1.29 is 19.6 Å². The van der Waals surface area contributed by atoms with Gasteiger partial charge in [-0.3, -0.25) is 14.9 Å². The zero-order chi connectivity index (χ0) is 13.3. The first kappa shape index (κ1) is 12.4. The van der Waals surface area contributed by atoms with E-state index in [-0.39, 0.29) is 17.3 Å². The Morgan fingerprint density at radius 1 is 1.61 bits per heavy atom. The Balaban J connectivity index is 2.20. The molecular formula is C9H9N3O5S. The summed E-state index contributed by atoms with van der Waals surface area (Å²) in [7, 11) is 0. The van der Waals surface area contributed by atoms with E-state index in [4.69, 9.17) is 5.11 Å². The molecule has 1 atom stereocenters. The third kappa shape index (κ3) is 2.16. The van der Waals surface area contributed by atoms with Crippen LogP contribution in [-0.2, 0) is 4.79 Å². The van der Waals surface area contributed by atoms with Crippen LogP contribution in [0.15, 0.2) is 12.3 Å². The summed E-state index contributed by atoms with van der Waals surface area (Å²) < 4.78 is 0. The maximum Gasteiger partial charge on any atom is 0.327 e. The molecule has 1 aliphatic rings. The van der Waals surface area contributed by atoms with Crippen molar-refractivity contribution in [1.82, 2.24) is 9.88 Å². The minimum Gasteiger partial charge on any atom is -0.480 e. The van der Waals surface area contributed by atoms with Gasteiger partial charge in [-0.05, 0) is 0 Å². The highest BCUT2D eigenvalue weighted by Crippen LogP contribution is 2.24. The van der Waals surface area contributed by atoms with Gasteiger partial charge in [-0.2, -0.15) is 0 Å². The number of rotatable bonds is 3. The Kier molecular flexibility index (Phi) is 3.24. The van der Waals surface area contributed by atoms with Crippen molar-refractivity contribution in [1.29, 1.82) is 0 Å². The summed E-state index contributed by atoms with van der Waals surface area (Å²) in [5, 5.41) is 19.4. The lowest BCUT2D eigenvalue weighted by Crippen LogP contribution is -2.41. The molecule has 1 aromatic rings. The molecule has 0 spiro atoms. The molecule has 2 heterocycles. The maximum atomic E-state index is 12.0. The molecule has 0 unspecified atom stereocenters. The molecule has 2 rings (SSSR count). The number of nitro groups is 1. The van der Waals surface area contributed by atoms with E-state index in [0.29, 0.717) is 5.75 Å². The summed E-state index contributed by atoms with van der Waals surface area (Å²) in [4.78, 5) is 36.5. The van der Waals surface area contributed by atoms with Gasteiger partial charge in [-0.15, -0.1) is 11.8 Å². The van der Waals surface area contributed by atoms with Crippen LogP contribution in [0.2, 0.25) is 0 Å². The van der Waals surface area contributed by atoms with E-state index in [1.807, 2.05) is 0 Å². The van der Waals surface area contributed by atoms with Crippen molar-refractivity contribution >= 4 is 29.3 Å². The second kappa shape index (κ2) is 4.69. The number of carbonyl (C=O) groups is 2. The molecule has 8 nitrogen and oxygen atoms in total. The summed E-state index contributed by atoms with van der Waals surface area (Å²) in [6.45, 7) is 0. The lowest BCUT2D eigenvalue weighted by atomic mass is 10.2. The average molecular weight is 271 g/mol. The number of carboxylic acid groups (broad SMARTS) is 1. The number of hydrogen-bond donors (Lipinski definition) is 2. The molecule has 0 aliphatic carbocycles. The van der Waals surface area contributed by atoms with Crippen molar-refractivity contribution in [2.75, 3.05) is 11.6 Å². The largest absolute Gasteiger partial charge is 0.480 e. The monoisotopic (exact) mass is 271 g/mol. The van der Waals surface area contributed by atoms with Crippen LogP contribution in [0, 0.1) is 10.1 Å². The molecule has 1 aromatic heterocycles. The number of aliphatic carboxylic acids is 1. The number of amides is 1. The van der Waals surface area contributed by atoms with Crippen LogP contribution >= 0.6 is 11.8 Å². The Hall–Kier alpha value is -2.03. The summed E-state index contributed by atoms with van der Waals surface area (Å²) in [6, 6.07) is 0.217. The van der Waals surface area contributed by atoms with Crippen molar-refractivity contribution in [2.45, 2.75) is 6.04 Å². The van der Waals surface area contributed by atoms with Gasteiger partial charge in [0.05, 0.1) is 17.0 Å². The first-order chi connectivity index (χ1) is 8.50. The molecule has 9 heteroatoms. The fraction of sp³-hybridized carbons (Fsp3) is 0.333. The maximum absolute atomic E-state index is 12.0. The molecule has 0 bridgehead atoms. The Morgan fingerprint density at radius 3 is 2.89 bits per heavy atom. The molecular weight excluding hydrogens is 262 g/mol. The Bertz CT molecular complexity index is 514. The number of nitrogens with zero attached hydrogens (tertiary/aromatic N) is 2. The second-order valence-electron chi connectivity index (χ2n) is 3.66. The highest BCUT2D eigenvalue weighted by molar-refractivity contribution is 7.99. The summed E-state index contributed by atoms with van der Waals surface area (Å²) in [5.41, 5.74) is -0.201. The van der Waals surface area contributed by atoms with Crippen molar-refractivity contribution in [3.8, 4) is 0 Å². The van der Waals surface area contributed by atoms with E-state index in [0.717, 1.165) is 12.3 Å². The molecule has 18 heavy (non-hydrogen) atoms. The van der Waals surface area contributed by atoms with Crippen LogP contribution in [0.4, 0.5) is 5.69 Å². The first-order valence-corrected chi connectivity index (χ1v) is 6.10. The average Bonchev–Trinajstić information content (AvgIpc) is 2.97. The van der Waals surface area contributed by atoms with Crippen LogP contribution in [0.1, 0.15) is 10.5 Å². The van der Waals surface area contributed by atoms with Crippen LogP contribution in [-0.4, -0.2) is 49.5 Å². The SMILES string of the molecule is O=C(O)[C@@H]1CSCN1C(=O)c1cc([N+](=O)[O-])c[nH]1. The number of aromatic amines is 1. The molecule has 2 N–H and O–H groups in total. The number of H-pyrrole nitrogens is 1.